The molecule has 0 radical (unpaired) electrons. The quantitative estimate of drug-likeness (QED) is 0.696. The SMILES string of the molecule is CN1CCN(CCCNC(=O)CNC(=O)c2ccc(Cl)c(Cl)c2)CC1. The fourth-order valence-electron chi connectivity index (χ4n) is 2.56. The molecule has 138 valence electrons. The van der Waals surface area contributed by atoms with Crippen LogP contribution in [0.4, 0.5) is 0 Å². The van der Waals surface area contributed by atoms with Crippen molar-refractivity contribution in [3.63, 3.8) is 0 Å². The topological polar surface area (TPSA) is 64.7 Å². The zero-order valence-corrected chi connectivity index (χ0v) is 15.9. The lowest BCUT2D eigenvalue weighted by molar-refractivity contribution is -0.120. The van der Waals surface area contributed by atoms with Crippen LogP contribution in [0.2, 0.25) is 10.0 Å². The third-order valence-corrected chi connectivity index (χ3v) is 4.90. The number of carbonyl (C=O) groups is 2. The molecule has 0 unspecified atom stereocenters. The molecule has 0 bridgehead atoms. The second kappa shape index (κ2) is 9.97. The van der Waals surface area contributed by atoms with Crippen molar-refractivity contribution in [3.05, 3.63) is 33.8 Å². The smallest absolute Gasteiger partial charge is 0.251 e. The molecule has 2 amide bonds. The Labute approximate surface area is 158 Å². The minimum Gasteiger partial charge on any atom is -0.355 e. The predicted octanol–water partition coefficient (Wildman–Crippen LogP) is 1.48. The number of benzene rings is 1. The summed E-state index contributed by atoms with van der Waals surface area (Å²) in [6.07, 6.45) is 0.899. The van der Waals surface area contributed by atoms with E-state index in [-0.39, 0.29) is 18.4 Å². The van der Waals surface area contributed by atoms with Gasteiger partial charge in [0.25, 0.3) is 5.91 Å². The zero-order valence-electron chi connectivity index (χ0n) is 14.4. The number of piperazine rings is 1. The fourth-order valence-corrected chi connectivity index (χ4v) is 2.86. The molecule has 1 aliphatic heterocycles. The first-order valence-corrected chi connectivity index (χ1v) is 9.12. The van der Waals surface area contributed by atoms with Crippen LogP contribution in [-0.4, -0.2) is 74.5 Å². The first-order valence-electron chi connectivity index (χ1n) is 8.36. The minimum atomic E-state index is -0.355. The molecule has 2 N–H and O–H groups in total. The molecule has 0 saturated carbocycles. The minimum absolute atomic E-state index is 0.0619. The molecule has 1 fully saturated rings. The van der Waals surface area contributed by atoms with Gasteiger partial charge in [-0.25, -0.2) is 0 Å². The van der Waals surface area contributed by atoms with Gasteiger partial charge in [0, 0.05) is 38.3 Å². The Morgan fingerprint density at radius 2 is 1.80 bits per heavy atom. The van der Waals surface area contributed by atoms with Gasteiger partial charge in [0.15, 0.2) is 0 Å². The Morgan fingerprint density at radius 1 is 1.08 bits per heavy atom. The number of carbonyl (C=O) groups excluding carboxylic acids is 2. The fraction of sp³-hybridized carbons (Fsp3) is 0.529. The van der Waals surface area contributed by atoms with Gasteiger partial charge in [-0.05, 0) is 38.2 Å². The van der Waals surface area contributed by atoms with Crippen LogP contribution < -0.4 is 10.6 Å². The molecule has 0 aromatic heterocycles. The zero-order chi connectivity index (χ0) is 18.2. The molecular formula is C17H24Cl2N4O2. The van der Waals surface area contributed by atoms with Crippen molar-refractivity contribution in [2.45, 2.75) is 6.42 Å². The van der Waals surface area contributed by atoms with E-state index in [1.165, 1.54) is 6.07 Å². The van der Waals surface area contributed by atoms with Gasteiger partial charge >= 0.3 is 0 Å². The molecule has 0 atom stereocenters. The van der Waals surface area contributed by atoms with E-state index in [9.17, 15) is 9.59 Å². The summed E-state index contributed by atoms with van der Waals surface area (Å²) in [5, 5.41) is 6.09. The standard InChI is InChI=1S/C17H24Cl2N4O2/c1-22-7-9-23(10-8-22)6-2-5-20-16(24)12-21-17(25)13-3-4-14(18)15(19)11-13/h3-4,11H,2,5-10,12H2,1H3,(H,20,24)(H,21,25). The van der Waals surface area contributed by atoms with Crippen molar-refractivity contribution in [2.24, 2.45) is 0 Å². The molecule has 25 heavy (non-hydrogen) atoms. The average molecular weight is 387 g/mol. The highest BCUT2D eigenvalue weighted by Gasteiger charge is 2.13. The molecular weight excluding hydrogens is 363 g/mol. The van der Waals surface area contributed by atoms with E-state index in [2.05, 4.69) is 27.5 Å². The Hall–Kier alpha value is -1.34. The van der Waals surface area contributed by atoms with Crippen LogP contribution in [0.3, 0.4) is 0 Å². The number of amides is 2. The maximum absolute atomic E-state index is 12.0. The molecule has 0 spiro atoms. The largest absolute Gasteiger partial charge is 0.355 e. The number of rotatable bonds is 7. The second-order valence-corrected chi connectivity index (χ2v) is 6.97. The molecule has 1 aromatic rings. The highest BCUT2D eigenvalue weighted by atomic mass is 35.5. The molecule has 1 saturated heterocycles. The molecule has 1 aromatic carbocycles. The van der Waals surface area contributed by atoms with Crippen LogP contribution in [0.25, 0.3) is 0 Å². The normalized spacial score (nSPS) is 15.8. The van der Waals surface area contributed by atoms with Crippen molar-refractivity contribution in [3.8, 4) is 0 Å². The molecule has 6 nitrogen and oxygen atoms in total. The monoisotopic (exact) mass is 386 g/mol. The summed E-state index contributed by atoms with van der Waals surface area (Å²) in [7, 11) is 2.13. The Balaban J connectivity index is 1.60. The van der Waals surface area contributed by atoms with E-state index in [1.54, 1.807) is 12.1 Å². The Kier molecular flexibility index (Phi) is 7.96. The number of halogens is 2. The lowest BCUT2D eigenvalue weighted by Gasteiger charge is -2.32. The van der Waals surface area contributed by atoms with Crippen molar-refractivity contribution in [1.29, 1.82) is 0 Å². The lowest BCUT2D eigenvalue weighted by Crippen LogP contribution is -2.45. The summed E-state index contributed by atoms with van der Waals surface area (Å²) in [5.41, 5.74) is 0.372. The van der Waals surface area contributed by atoms with Gasteiger partial charge in [0.05, 0.1) is 16.6 Å². The van der Waals surface area contributed by atoms with Gasteiger partial charge < -0.3 is 20.4 Å². The molecule has 1 heterocycles. The predicted molar refractivity (Wildman–Crippen MR) is 100 cm³/mol. The van der Waals surface area contributed by atoms with E-state index in [0.717, 1.165) is 39.1 Å². The highest BCUT2D eigenvalue weighted by molar-refractivity contribution is 6.42. The summed E-state index contributed by atoms with van der Waals surface area (Å²) >= 11 is 11.7. The summed E-state index contributed by atoms with van der Waals surface area (Å²) < 4.78 is 0. The Bertz CT molecular complexity index is 604. The van der Waals surface area contributed by atoms with Gasteiger partial charge in [-0.1, -0.05) is 23.2 Å². The van der Waals surface area contributed by atoms with Gasteiger partial charge in [-0.3, -0.25) is 9.59 Å². The van der Waals surface area contributed by atoms with Gasteiger partial charge in [0.2, 0.25) is 5.91 Å². The maximum Gasteiger partial charge on any atom is 0.251 e. The molecule has 8 heteroatoms. The van der Waals surface area contributed by atoms with E-state index >= 15 is 0 Å². The maximum atomic E-state index is 12.0. The van der Waals surface area contributed by atoms with Crippen molar-refractivity contribution >= 4 is 35.0 Å². The van der Waals surface area contributed by atoms with Crippen LogP contribution in [0.5, 0.6) is 0 Å². The molecule has 0 aliphatic carbocycles. The van der Waals surface area contributed by atoms with Crippen molar-refractivity contribution < 1.29 is 9.59 Å². The third kappa shape index (κ3) is 6.82. The lowest BCUT2D eigenvalue weighted by atomic mass is 10.2. The average Bonchev–Trinajstić information content (AvgIpc) is 2.60. The van der Waals surface area contributed by atoms with Gasteiger partial charge in [-0.2, -0.15) is 0 Å². The van der Waals surface area contributed by atoms with E-state index < -0.39 is 0 Å². The first kappa shape index (κ1) is 20.0. The molecule has 1 aliphatic rings. The van der Waals surface area contributed by atoms with Crippen molar-refractivity contribution in [2.75, 3.05) is 52.9 Å². The first-order chi connectivity index (χ1) is 12.0. The van der Waals surface area contributed by atoms with E-state index in [1.807, 2.05) is 0 Å². The molecule has 2 rings (SSSR count). The summed E-state index contributed by atoms with van der Waals surface area (Å²) in [4.78, 5) is 28.5. The van der Waals surface area contributed by atoms with Crippen molar-refractivity contribution in [1.82, 2.24) is 20.4 Å². The Morgan fingerprint density at radius 3 is 2.48 bits per heavy atom. The van der Waals surface area contributed by atoms with Crippen LogP contribution in [0.15, 0.2) is 18.2 Å². The number of nitrogens with zero attached hydrogens (tertiary/aromatic N) is 2. The van der Waals surface area contributed by atoms with Gasteiger partial charge in [0.1, 0.15) is 0 Å². The summed E-state index contributed by atoms with van der Waals surface area (Å²) in [5.74, 6) is -0.557. The van der Waals surface area contributed by atoms with Gasteiger partial charge in [-0.15, -0.1) is 0 Å². The highest BCUT2D eigenvalue weighted by Crippen LogP contribution is 2.22. The van der Waals surface area contributed by atoms with Crippen LogP contribution >= 0.6 is 23.2 Å². The van der Waals surface area contributed by atoms with Crippen LogP contribution in [0.1, 0.15) is 16.8 Å². The van der Waals surface area contributed by atoms with Crippen LogP contribution in [0, 0.1) is 0 Å². The third-order valence-electron chi connectivity index (χ3n) is 4.16. The number of nitrogens with one attached hydrogen (secondary N) is 2. The summed E-state index contributed by atoms with van der Waals surface area (Å²) in [6, 6.07) is 4.60. The second-order valence-electron chi connectivity index (χ2n) is 6.16. The van der Waals surface area contributed by atoms with E-state index in [4.69, 9.17) is 23.2 Å². The van der Waals surface area contributed by atoms with Crippen LogP contribution in [-0.2, 0) is 4.79 Å². The number of hydrogen-bond acceptors (Lipinski definition) is 4. The van der Waals surface area contributed by atoms with E-state index in [0.29, 0.717) is 22.2 Å². The summed E-state index contributed by atoms with van der Waals surface area (Å²) in [6.45, 7) is 5.85. The number of likely N-dealkylation sites (N-methyl/N-ethyl adjacent to an activating group) is 1. The number of hydrogen-bond donors (Lipinski definition) is 2.